The van der Waals surface area contributed by atoms with Gasteiger partial charge in [0, 0.05) is 28.9 Å². The second-order valence-electron chi connectivity index (χ2n) is 7.88. The third kappa shape index (κ3) is 4.63. The molecule has 0 spiro atoms. The summed E-state index contributed by atoms with van der Waals surface area (Å²) in [6, 6.07) is 9.12. The van der Waals surface area contributed by atoms with Crippen LogP contribution in [0.4, 0.5) is 5.69 Å². The summed E-state index contributed by atoms with van der Waals surface area (Å²) in [5.41, 5.74) is 2.10. The van der Waals surface area contributed by atoms with Gasteiger partial charge in [0.1, 0.15) is 9.53 Å². The van der Waals surface area contributed by atoms with Crippen LogP contribution < -0.4 is 10.9 Å². The van der Waals surface area contributed by atoms with Crippen molar-refractivity contribution in [1.29, 1.82) is 0 Å². The zero-order valence-corrected chi connectivity index (χ0v) is 20.2. The van der Waals surface area contributed by atoms with E-state index in [0.717, 1.165) is 28.6 Å². The quantitative estimate of drug-likeness (QED) is 0.300. The molecular weight excluding hydrogens is 480 g/mol. The number of nitrogens with one attached hydrogen (secondary N) is 1. The molecular formula is C23H21ClN4O3S2. The summed E-state index contributed by atoms with van der Waals surface area (Å²) in [7, 11) is 0. The van der Waals surface area contributed by atoms with Crippen LogP contribution >= 0.6 is 34.7 Å². The van der Waals surface area contributed by atoms with Crippen molar-refractivity contribution in [2.24, 2.45) is 0 Å². The van der Waals surface area contributed by atoms with E-state index >= 15 is 0 Å². The number of nitrogens with zero attached hydrogens (tertiary/aromatic N) is 3. The van der Waals surface area contributed by atoms with Gasteiger partial charge in [0.2, 0.25) is 5.91 Å². The molecule has 0 saturated carbocycles. The summed E-state index contributed by atoms with van der Waals surface area (Å²) >= 11 is 8.66. The van der Waals surface area contributed by atoms with Gasteiger partial charge < -0.3 is 10.1 Å². The predicted octanol–water partition coefficient (Wildman–Crippen LogP) is 4.88. The zero-order chi connectivity index (χ0) is 22.9. The number of carbonyl (C=O) groups excluding carboxylic acids is 1. The van der Waals surface area contributed by atoms with Gasteiger partial charge >= 0.3 is 0 Å². The molecule has 5 rings (SSSR count). The Balaban J connectivity index is 1.47. The minimum Gasteiger partial charge on any atom is -0.376 e. The number of fused-ring (bicyclic) bond motifs is 3. The van der Waals surface area contributed by atoms with E-state index in [-0.39, 0.29) is 23.3 Å². The molecule has 0 radical (unpaired) electrons. The number of aryl methyl sites for hydroxylation is 1. The topological polar surface area (TPSA) is 86.1 Å². The molecule has 0 unspecified atom stereocenters. The Labute approximate surface area is 203 Å². The fraction of sp³-hybridized carbons (Fsp3) is 0.304. The van der Waals surface area contributed by atoms with Gasteiger partial charge in [0.15, 0.2) is 5.16 Å². The molecule has 1 saturated heterocycles. The van der Waals surface area contributed by atoms with E-state index in [4.69, 9.17) is 21.3 Å². The molecule has 7 nitrogen and oxygen atoms in total. The number of anilines is 1. The van der Waals surface area contributed by atoms with Gasteiger partial charge in [-0.25, -0.2) is 9.97 Å². The molecule has 4 aromatic rings. The maximum Gasteiger partial charge on any atom is 0.272 e. The monoisotopic (exact) mass is 500 g/mol. The lowest BCUT2D eigenvalue weighted by molar-refractivity contribution is -0.113. The van der Waals surface area contributed by atoms with Gasteiger partial charge in [-0.3, -0.25) is 14.2 Å². The Hall–Kier alpha value is -2.46. The van der Waals surface area contributed by atoms with Gasteiger partial charge in [-0.15, -0.1) is 11.3 Å². The first kappa shape index (κ1) is 22.3. The molecule has 1 atom stereocenters. The summed E-state index contributed by atoms with van der Waals surface area (Å²) in [6.07, 6.45) is 3.56. The number of ether oxygens (including phenoxy) is 1. The van der Waals surface area contributed by atoms with Crippen LogP contribution in [0, 0.1) is 6.92 Å². The zero-order valence-electron chi connectivity index (χ0n) is 17.8. The third-order valence-corrected chi connectivity index (χ3v) is 7.84. The van der Waals surface area contributed by atoms with Crippen LogP contribution in [-0.4, -0.2) is 38.9 Å². The number of aromatic nitrogens is 3. The second kappa shape index (κ2) is 9.42. The average molecular weight is 501 g/mol. The fourth-order valence-corrected chi connectivity index (χ4v) is 5.85. The number of amides is 1. The largest absolute Gasteiger partial charge is 0.376 e. The van der Waals surface area contributed by atoms with Crippen LogP contribution in [0.1, 0.15) is 18.4 Å². The molecule has 0 aliphatic carbocycles. The standard InChI is InChI=1S/C23H21ClN4O3S2/c1-13-6-7-14(24)10-17(13)26-18(29)12-32-23-27-19-16-5-2-8-25-21(16)33-20(19)22(30)28(23)11-15-4-3-9-31-15/h2,5-8,10,15H,3-4,9,11-12H2,1H3,(H,26,29)/t15-/m1/s1. The Morgan fingerprint density at radius 3 is 3.09 bits per heavy atom. The van der Waals surface area contributed by atoms with Crippen LogP contribution in [0.2, 0.25) is 5.02 Å². The van der Waals surface area contributed by atoms with E-state index in [1.54, 1.807) is 22.9 Å². The second-order valence-corrected chi connectivity index (χ2v) is 10.3. The van der Waals surface area contributed by atoms with Crippen molar-refractivity contribution in [3.63, 3.8) is 0 Å². The van der Waals surface area contributed by atoms with Crippen LogP contribution in [0.15, 0.2) is 46.5 Å². The Morgan fingerprint density at radius 1 is 1.39 bits per heavy atom. The van der Waals surface area contributed by atoms with Crippen LogP contribution in [-0.2, 0) is 16.1 Å². The summed E-state index contributed by atoms with van der Waals surface area (Å²) in [6.45, 7) is 3.02. The third-order valence-electron chi connectivity index (χ3n) is 5.53. The van der Waals surface area contributed by atoms with E-state index in [1.165, 1.54) is 23.1 Å². The summed E-state index contributed by atoms with van der Waals surface area (Å²) < 4.78 is 7.99. The molecule has 1 N–H and O–H groups in total. The molecule has 10 heteroatoms. The van der Waals surface area contributed by atoms with Crippen molar-refractivity contribution >= 4 is 66.7 Å². The number of halogens is 1. The lowest BCUT2D eigenvalue weighted by atomic mass is 10.2. The van der Waals surface area contributed by atoms with E-state index < -0.39 is 0 Å². The smallest absolute Gasteiger partial charge is 0.272 e. The maximum absolute atomic E-state index is 13.4. The van der Waals surface area contributed by atoms with Crippen LogP contribution in [0.5, 0.6) is 0 Å². The van der Waals surface area contributed by atoms with Crippen molar-refractivity contribution in [3.05, 3.63) is 57.5 Å². The first-order valence-electron chi connectivity index (χ1n) is 10.6. The highest BCUT2D eigenvalue weighted by Gasteiger charge is 2.22. The first-order valence-corrected chi connectivity index (χ1v) is 12.8. The number of carbonyl (C=O) groups is 1. The fourth-order valence-electron chi connectivity index (χ4n) is 3.85. The number of thiophene rings is 1. The molecule has 1 aromatic carbocycles. The summed E-state index contributed by atoms with van der Waals surface area (Å²) in [5.74, 6) is -0.0874. The van der Waals surface area contributed by atoms with Gasteiger partial charge in [-0.05, 0) is 49.6 Å². The summed E-state index contributed by atoms with van der Waals surface area (Å²) in [5, 5.41) is 4.80. The van der Waals surface area contributed by atoms with E-state index in [1.807, 2.05) is 25.1 Å². The van der Waals surface area contributed by atoms with Gasteiger partial charge in [-0.2, -0.15) is 0 Å². The van der Waals surface area contributed by atoms with Gasteiger partial charge in [0.25, 0.3) is 5.56 Å². The highest BCUT2D eigenvalue weighted by molar-refractivity contribution is 7.99. The number of hydrogen-bond acceptors (Lipinski definition) is 7. The number of benzene rings is 1. The van der Waals surface area contributed by atoms with E-state index in [2.05, 4.69) is 10.3 Å². The lowest BCUT2D eigenvalue weighted by Crippen LogP contribution is -2.28. The number of hydrogen-bond donors (Lipinski definition) is 1. The average Bonchev–Trinajstić information content (AvgIpc) is 3.45. The van der Waals surface area contributed by atoms with Crippen molar-refractivity contribution in [3.8, 4) is 0 Å². The van der Waals surface area contributed by atoms with E-state index in [9.17, 15) is 9.59 Å². The van der Waals surface area contributed by atoms with Crippen LogP contribution in [0.3, 0.4) is 0 Å². The molecule has 1 aliphatic heterocycles. The van der Waals surface area contributed by atoms with Crippen molar-refractivity contribution < 1.29 is 9.53 Å². The molecule has 1 fully saturated rings. The number of pyridine rings is 1. The highest BCUT2D eigenvalue weighted by Crippen LogP contribution is 2.31. The Bertz CT molecular complexity index is 1410. The predicted molar refractivity (Wildman–Crippen MR) is 134 cm³/mol. The lowest BCUT2D eigenvalue weighted by Gasteiger charge is -2.16. The molecule has 1 amide bonds. The number of rotatable bonds is 6. The molecule has 170 valence electrons. The molecule has 1 aliphatic rings. The van der Waals surface area contributed by atoms with Crippen molar-refractivity contribution in [2.45, 2.75) is 37.6 Å². The Morgan fingerprint density at radius 2 is 2.27 bits per heavy atom. The SMILES string of the molecule is Cc1ccc(Cl)cc1NC(=O)CSc1nc2c(sc3ncccc32)c(=O)n1C[C@H]1CCCO1. The van der Waals surface area contributed by atoms with Crippen molar-refractivity contribution in [2.75, 3.05) is 17.7 Å². The summed E-state index contributed by atoms with van der Waals surface area (Å²) in [4.78, 5) is 36.1. The molecule has 4 heterocycles. The Kier molecular flexibility index (Phi) is 6.38. The van der Waals surface area contributed by atoms with Crippen LogP contribution in [0.25, 0.3) is 20.4 Å². The molecule has 3 aromatic heterocycles. The maximum atomic E-state index is 13.4. The van der Waals surface area contributed by atoms with Crippen molar-refractivity contribution in [1.82, 2.24) is 14.5 Å². The molecule has 33 heavy (non-hydrogen) atoms. The number of thioether (sulfide) groups is 1. The first-order chi connectivity index (χ1) is 16.0. The van der Waals surface area contributed by atoms with Gasteiger partial charge in [0.05, 0.1) is 23.9 Å². The van der Waals surface area contributed by atoms with E-state index in [0.29, 0.717) is 39.2 Å². The normalized spacial score (nSPS) is 16.0. The minimum atomic E-state index is -0.194. The van der Waals surface area contributed by atoms with Gasteiger partial charge in [-0.1, -0.05) is 29.4 Å². The highest BCUT2D eigenvalue weighted by atomic mass is 35.5. The minimum absolute atomic E-state index is 0.0308. The molecule has 0 bridgehead atoms.